The maximum Gasteiger partial charge on any atom is 0.331 e. The van der Waals surface area contributed by atoms with E-state index in [1.165, 1.54) is 19.4 Å². The highest BCUT2D eigenvalue weighted by atomic mass is 16.5. The lowest BCUT2D eigenvalue weighted by Gasteiger charge is -2.20. The van der Waals surface area contributed by atoms with Crippen molar-refractivity contribution in [1.29, 1.82) is 0 Å². The molecule has 0 saturated heterocycles. The van der Waals surface area contributed by atoms with Gasteiger partial charge in [-0.2, -0.15) is 0 Å². The fourth-order valence-corrected chi connectivity index (χ4v) is 0.457. The highest BCUT2D eigenvalue weighted by molar-refractivity contribution is 5.84. The maximum atomic E-state index is 10.8. The van der Waals surface area contributed by atoms with Crippen molar-refractivity contribution in [3.05, 3.63) is 12.3 Å². The molecule has 0 bridgehead atoms. The van der Waals surface area contributed by atoms with Gasteiger partial charge in [-0.1, -0.05) is 0 Å². The number of hydrogen-bond acceptors (Lipinski definition) is 4. The molecule has 0 aromatic rings. The molecule has 3 N–H and O–H groups in total. The Hall–Kier alpha value is -1.52. The number of methoxy groups -OCH3 is 1. The van der Waals surface area contributed by atoms with Crippen LogP contribution in [-0.2, 0) is 14.3 Å². The average Bonchev–Trinajstić information content (AvgIpc) is 2.03. The Bertz CT molecular complexity index is 234. The van der Waals surface area contributed by atoms with Gasteiger partial charge in [0.25, 0.3) is 0 Å². The number of esters is 1. The molecule has 5 nitrogen and oxygen atoms in total. The second kappa shape index (κ2) is 4.49. The molecule has 13 heavy (non-hydrogen) atoms. The van der Waals surface area contributed by atoms with Gasteiger partial charge in [-0.3, -0.25) is 4.79 Å². The van der Waals surface area contributed by atoms with Crippen LogP contribution in [0.3, 0.4) is 0 Å². The van der Waals surface area contributed by atoms with Gasteiger partial charge in [0.2, 0.25) is 5.91 Å². The highest BCUT2D eigenvalue weighted by Crippen LogP contribution is 1.99. The molecular formula is C8H14N2O3. The lowest BCUT2D eigenvalue weighted by atomic mass is 10.1. The summed E-state index contributed by atoms with van der Waals surface area (Å²) < 4.78 is 4.34. The Morgan fingerprint density at radius 1 is 1.46 bits per heavy atom. The molecule has 0 radical (unpaired) electrons. The Morgan fingerprint density at radius 2 is 2.00 bits per heavy atom. The van der Waals surface area contributed by atoms with Gasteiger partial charge in [0.15, 0.2) is 0 Å². The molecule has 0 atom stereocenters. The van der Waals surface area contributed by atoms with Crippen molar-refractivity contribution in [3.8, 4) is 0 Å². The minimum absolute atomic E-state index is 0.493. The first kappa shape index (κ1) is 11.5. The van der Waals surface area contributed by atoms with E-state index >= 15 is 0 Å². The second-order valence-electron chi connectivity index (χ2n) is 2.99. The van der Waals surface area contributed by atoms with E-state index in [4.69, 9.17) is 5.73 Å². The zero-order chi connectivity index (χ0) is 10.5. The van der Waals surface area contributed by atoms with Crippen molar-refractivity contribution in [2.75, 3.05) is 7.11 Å². The third kappa shape index (κ3) is 4.15. The van der Waals surface area contributed by atoms with Crippen LogP contribution in [-0.4, -0.2) is 24.5 Å². The first-order chi connectivity index (χ1) is 5.90. The molecule has 74 valence electrons. The fourth-order valence-electron chi connectivity index (χ4n) is 0.457. The zero-order valence-corrected chi connectivity index (χ0v) is 7.96. The largest absolute Gasteiger partial charge is 0.466 e. The molecule has 0 fully saturated rings. The monoisotopic (exact) mass is 186 g/mol. The van der Waals surface area contributed by atoms with Gasteiger partial charge in [-0.15, -0.1) is 0 Å². The van der Waals surface area contributed by atoms with Crippen molar-refractivity contribution in [2.45, 2.75) is 19.4 Å². The normalized spacial score (nSPS) is 11.3. The van der Waals surface area contributed by atoms with Crippen molar-refractivity contribution >= 4 is 11.9 Å². The molecule has 0 aliphatic rings. The van der Waals surface area contributed by atoms with Gasteiger partial charge < -0.3 is 15.8 Å². The van der Waals surface area contributed by atoms with E-state index in [9.17, 15) is 9.59 Å². The summed E-state index contributed by atoms with van der Waals surface area (Å²) in [4.78, 5) is 21.4. The summed E-state index contributed by atoms with van der Waals surface area (Å²) in [6.07, 6.45) is 2.50. The molecule has 0 aromatic heterocycles. The van der Waals surface area contributed by atoms with Crippen LogP contribution in [0.1, 0.15) is 13.8 Å². The third-order valence-corrected chi connectivity index (χ3v) is 1.48. The zero-order valence-electron chi connectivity index (χ0n) is 7.96. The number of carbonyl (C=O) groups is 2. The van der Waals surface area contributed by atoms with E-state index in [2.05, 4.69) is 10.1 Å². The third-order valence-electron chi connectivity index (χ3n) is 1.48. The van der Waals surface area contributed by atoms with Crippen LogP contribution in [0.5, 0.6) is 0 Å². The minimum Gasteiger partial charge on any atom is -0.466 e. The minimum atomic E-state index is -0.871. The number of carbonyl (C=O) groups excluding carboxylic acids is 2. The van der Waals surface area contributed by atoms with Gasteiger partial charge in [0.1, 0.15) is 5.54 Å². The summed E-state index contributed by atoms with van der Waals surface area (Å²) in [7, 11) is 1.27. The molecule has 0 unspecified atom stereocenters. The Morgan fingerprint density at radius 3 is 2.38 bits per heavy atom. The molecule has 0 aliphatic carbocycles. The van der Waals surface area contributed by atoms with Crippen LogP contribution in [0.4, 0.5) is 0 Å². The summed E-state index contributed by atoms with van der Waals surface area (Å²) in [5.41, 5.74) is 4.20. The number of amides is 1. The van der Waals surface area contributed by atoms with Crippen LogP contribution in [0.2, 0.25) is 0 Å². The lowest BCUT2D eigenvalue weighted by molar-refractivity contribution is -0.135. The van der Waals surface area contributed by atoms with Crippen LogP contribution >= 0.6 is 0 Å². The number of primary amides is 1. The van der Waals surface area contributed by atoms with Crippen LogP contribution < -0.4 is 11.1 Å². The summed E-state index contributed by atoms with van der Waals surface area (Å²) in [6, 6.07) is 0. The fraction of sp³-hybridized carbons (Fsp3) is 0.500. The predicted molar refractivity (Wildman–Crippen MR) is 47.6 cm³/mol. The van der Waals surface area contributed by atoms with Crippen molar-refractivity contribution in [2.24, 2.45) is 5.73 Å². The summed E-state index contributed by atoms with van der Waals surface area (Å²) in [5, 5.41) is 2.67. The SMILES string of the molecule is COC(=O)/C=C/NC(C)(C)C(N)=O. The number of ether oxygens (including phenoxy) is 1. The summed E-state index contributed by atoms with van der Waals surface area (Å²) in [5.74, 6) is -0.991. The van der Waals surface area contributed by atoms with E-state index in [1.807, 2.05) is 0 Å². The lowest BCUT2D eigenvalue weighted by Crippen LogP contribution is -2.48. The molecule has 0 rings (SSSR count). The molecule has 0 spiro atoms. The first-order valence-electron chi connectivity index (χ1n) is 3.72. The van der Waals surface area contributed by atoms with Crippen LogP contribution in [0, 0.1) is 0 Å². The highest BCUT2D eigenvalue weighted by Gasteiger charge is 2.22. The van der Waals surface area contributed by atoms with E-state index in [0.29, 0.717) is 0 Å². The predicted octanol–water partition coefficient (Wildman–Crippen LogP) is -0.473. The van der Waals surface area contributed by atoms with E-state index < -0.39 is 17.4 Å². The standard InChI is InChI=1S/C8H14N2O3/c1-8(2,7(9)12)10-5-4-6(11)13-3/h4-5,10H,1-3H3,(H2,9,12)/b5-4+. The summed E-state index contributed by atoms with van der Waals surface area (Å²) in [6.45, 7) is 3.22. The summed E-state index contributed by atoms with van der Waals surface area (Å²) >= 11 is 0. The van der Waals surface area contributed by atoms with Gasteiger partial charge in [-0.05, 0) is 13.8 Å². The molecule has 0 heterocycles. The van der Waals surface area contributed by atoms with E-state index in [0.717, 1.165) is 0 Å². The van der Waals surface area contributed by atoms with Crippen LogP contribution in [0.15, 0.2) is 12.3 Å². The number of rotatable bonds is 4. The number of nitrogens with one attached hydrogen (secondary N) is 1. The maximum absolute atomic E-state index is 10.8. The van der Waals surface area contributed by atoms with Crippen molar-refractivity contribution in [3.63, 3.8) is 0 Å². The molecule has 1 amide bonds. The second-order valence-corrected chi connectivity index (χ2v) is 2.99. The smallest absolute Gasteiger partial charge is 0.331 e. The van der Waals surface area contributed by atoms with Crippen LogP contribution in [0.25, 0.3) is 0 Å². The van der Waals surface area contributed by atoms with E-state index in [-0.39, 0.29) is 0 Å². The molecular weight excluding hydrogens is 172 g/mol. The Labute approximate surface area is 76.9 Å². The van der Waals surface area contributed by atoms with E-state index in [1.54, 1.807) is 13.8 Å². The molecule has 0 saturated carbocycles. The first-order valence-corrected chi connectivity index (χ1v) is 3.72. The Balaban J connectivity index is 4.09. The quantitative estimate of drug-likeness (QED) is 0.459. The van der Waals surface area contributed by atoms with Gasteiger partial charge in [0.05, 0.1) is 7.11 Å². The number of nitrogens with two attached hydrogens (primary N) is 1. The number of hydrogen-bond donors (Lipinski definition) is 2. The topological polar surface area (TPSA) is 81.4 Å². The molecule has 5 heteroatoms. The van der Waals surface area contributed by atoms with Crippen molar-refractivity contribution in [1.82, 2.24) is 5.32 Å². The van der Waals surface area contributed by atoms with Gasteiger partial charge in [-0.25, -0.2) is 4.79 Å². The van der Waals surface area contributed by atoms with Gasteiger partial charge >= 0.3 is 5.97 Å². The molecule has 0 aromatic carbocycles. The van der Waals surface area contributed by atoms with Gasteiger partial charge in [0, 0.05) is 12.3 Å². The average molecular weight is 186 g/mol. The Kier molecular flexibility index (Phi) is 3.97. The molecule has 0 aliphatic heterocycles. The van der Waals surface area contributed by atoms with Crippen molar-refractivity contribution < 1.29 is 14.3 Å².